The number of nitrogens with zero attached hydrogens (tertiary/aromatic N) is 2. The number of aryl methyl sites for hydroxylation is 1. The first kappa shape index (κ1) is 15.3. The van der Waals surface area contributed by atoms with E-state index < -0.39 is 0 Å². The van der Waals surface area contributed by atoms with E-state index in [0.717, 1.165) is 12.1 Å². The molecule has 0 saturated heterocycles. The quantitative estimate of drug-likeness (QED) is 0.810. The zero-order valence-corrected chi connectivity index (χ0v) is 12.5. The standard InChI is InChI=1S/C16H22N4O/c1-13-6-3-4-7-15(13)12-18-16(21)14(2)17-9-11-20-10-5-8-19-20/h3-8,10,14,17H,9,11-12H2,1-2H3,(H,18,21). The summed E-state index contributed by atoms with van der Waals surface area (Å²) >= 11 is 0. The monoisotopic (exact) mass is 286 g/mol. The Labute approximate surface area is 125 Å². The smallest absolute Gasteiger partial charge is 0.237 e. The molecule has 1 heterocycles. The van der Waals surface area contributed by atoms with Gasteiger partial charge in [-0.15, -0.1) is 0 Å². The SMILES string of the molecule is Cc1ccccc1CNC(=O)C(C)NCCn1cccn1. The van der Waals surface area contributed by atoms with Crippen molar-refractivity contribution in [1.29, 1.82) is 0 Å². The Balaban J connectivity index is 1.71. The second kappa shape index (κ2) is 7.59. The first-order valence-corrected chi connectivity index (χ1v) is 7.20. The van der Waals surface area contributed by atoms with Gasteiger partial charge in [0.05, 0.1) is 12.6 Å². The summed E-state index contributed by atoms with van der Waals surface area (Å²) < 4.78 is 1.84. The van der Waals surface area contributed by atoms with E-state index in [2.05, 4.69) is 15.7 Å². The van der Waals surface area contributed by atoms with E-state index >= 15 is 0 Å². The lowest BCUT2D eigenvalue weighted by Gasteiger charge is -2.14. The van der Waals surface area contributed by atoms with Crippen LogP contribution < -0.4 is 10.6 Å². The van der Waals surface area contributed by atoms with Gasteiger partial charge in [0.25, 0.3) is 0 Å². The molecular weight excluding hydrogens is 264 g/mol. The van der Waals surface area contributed by atoms with Crippen molar-refractivity contribution in [2.75, 3.05) is 6.54 Å². The molecule has 1 unspecified atom stereocenters. The molecule has 0 bridgehead atoms. The second-order valence-corrected chi connectivity index (χ2v) is 5.09. The summed E-state index contributed by atoms with van der Waals surface area (Å²) in [5, 5.41) is 10.3. The molecular formula is C16H22N4O. The molecule has 0 aliphatic rings. The molecule has 5 heteroatoms. The zero-order valence-electron chi connectivity index (χ0n) is 12.5. The largest absolute Gasteiger partial charge is 0.351 e. The molecule has 1 aromatic carbocycles. The zero-order chi connectivity index (χ0) is 15.1. The molecule has 0 saturated carbocycles. The number of carbonyl (C=O) groups is 1. The van der Waals surface area contributed by atoms with Gasteiger partial charge in [0.1, 0.15) is 0 Å². The summed E-state index contributed by atoms with van der Waals surface area (Å²) in [6.45, 7) is 5.95. The van der Waals surface area contributed by atoms with E-state index in [4.69, 9.17) is 0 Å². The molecule has 2 aromatic rings. The van der Waals surface area contributed by atoms with Crippen LogP contribution in [0.1, 0.15) is 18.1 Å². The maximum absolute atomic E-state index is 12.0. The lowest BCUT2D eigenvalue weighted by Crippen LogP contribution is -2.43. The maximum atomic E-state index is 12.0. The van der Waals surface area contributed by atoms with Crippen LogP contribution in [0.15, 0.2) is 42.7 Å². The Morgan fingerprint density at radius 2 is 2.14 bits per heavy atom. The molecule has 0 radical (unpaired) electrons. The predicted octanol–water partition coefficient (Wildman–Crippen LogP) is 1.49. The molecule has 5 nitrogen and oxygen atoms in total. The van der Waals surface area contributed by atoms with Gasteiger partial charge in [-0.3, -0.25) is 9.48 Å². The number of amides is 1. The van der Waals surface area contributed by atoms with Crippen LogP contribution >= 0.6 is 0 Å². The molecule has 1 atom stereocenters. The van der Waals surface area contributed by atoms with Gasteiger partial charge in [-0.1, -0.05) is 24.3 Å². The van der Waals surface area contributed by atoms with Crippen molar-refractivity contribution in [3.05, 3.63) is 53.9 Å². The van der Waals surface area contributed by atoms with E-state index in [1.54, 1.807) is 6.20 Å². The highest BCUT2D eigenvalue weighted by Gasteiger charge is 2.11. The highest BCUT2D eigenvalue weighted by Crippen LogP contribution is 2.06. The summed E-state index contributed by atoms with van der Waals surface area (Å²) in [6, 6.07) is 9.74. The van der Waals surface area contributed by atoms with E-state index in [9.17, 15) is 4.79 Å². The second-order valence-electron chi connectivity index (χ2n) is 5.09. The molecule has 0 aliphatic carbocycles. The Hall–Kier alpha value is -2.14. The number of carbonyl (C=O) groups excluding carboxylic acids is 1. The fourth-order valence-electron chi connectivity index (χ4n) is 2.06. The maximum Gasteiger partial charge on any atom is 0.237 e. The highest BCUT2D eigenvalue weighted by molar-refractivity contribution is 5.81. The summed E-state index contributed by atoms with van der Waals surface area (Å²) in [7, 11) is 0. The highest BCUT2D eigenvalue weighted by atomic mass is 16.2. The van der Waals surface area contributed by atoms with Crippen molar-refractivity contribution in [2.45, 2.75) is 33.0 Å². The van der Waals surface area contributed by atoms with Gasteiger partial charge in [-0.2, -0.15) is 5.10 Å². The van der Waals surface area contributed by atoms with Crippen LogP contribution in [0.4, 0.5) is 0 Å². The fourth-order valence-corrected chi connectivity index (χ4v) is 2.06. The van der Waals surface area contributed by atoms with Crippen LogP contribution in [-0.4, -0.2) is 28.3 Å². The van der Waals surface area contributed by atoms with Crippen molar-refractivity contribution >= 4 is 5.91 Å². The fraction of sp³-hybridized carbons (Fsp3) is 0.375. The number of benzene rings is 1. The predicted molar refractivity (Wildman–Crippen MR) is 82.7 cm³/mol. The van der Waals surface area contributed by atoms with Crippen molar-refractivity contribution in [3.63, 3.8) is 0 Å². The minimum Gasteiger partial charge on any atom is -0.351 e. The van der Waals surface area contributed by atoms with Crippen LogP contribution in [0, 0.1) is 6.92 Å². The van der Waals surface area contributed by atoms with Gasteiger partial charge in [0.15, 0.2) is 0 Å². The van der Waals surface area contributed by atoms with E-state index in [0.29, 0.717) is 13.1 Å². The summed E-state index contributed by atoms with van der Waals surface area (Å²) in [4.78, 5) is 12.0. The lowest BCUT2D eigenvalue weighted by atomic mass is 10.1. The third-order valence-electron chi connectivity index (χ3n) is 3.46. The molecule has 112 valence electrons. The van der Waals surface area contributed by atoms with E-state index in [1.807, 2.05) is 55.1 Å². The van der Waals surface area contributed by atoms with Crippen LogP contribution in [0.3, 0.4) is 0 Å². The minimum absolute atomic E-state index is 0.0127. The molecule has 1 aromatic heterocycles. The van der Waals surface area contributed by atoms with Crippen molar-refractivity contribution < 1.29 is 4.79 Å². The van der Waals surface area contributed by atoms with Crippen LogP contribution in [0.25, 0.3) is 0 Å². The molecule has 2 N–H and O–H groups in total. The van der Waals surface area contributed by atoms with Gasteiger partial charge in [-0.25, -0.2) is 0 Å². The third-order valence-corrected chi connectivity index (χ3v) is 3.46. The third kappa shape index (κ3) is 4.72. The molecule has 1 amide bonds. The Morgan fingerprint density at radius 3 is 2.86 bits per heavy atom. The average molecular weight is 286 g/mol. The number of hydrogen-bond donors (Lipinski definition) is 2. The first-order chi connectivity index (χ1) is 10.2. The van der Waals surface area contributed by atoms with E-state index in [-0.39, 0.29) is 11.9 Å². The summed E-state index contributed by atoms with van der Waals surface area (Å²) in [6.07, 6.45) is 3.66. The molecule has 21 heavy (non-hydrogen) atoms. The number of aromatic nitrogens is 2. The Bertz CT molecular complexity index is 565. The topological polar surface area (TPSA) is 59.0 Å². The molecule has 0 aliphatic heterocycles. The van der Waals surface area contributed by atoms with Gasteiger partial charge < -0.3 is 10.6 Å². The summed E-state index contributed by atoms with van der Waals surface area (Å²) in [5.74, 6) is 0.0127. The van der Waals surface area contributed by atoms with Crippen molar-refractivity contribution in [3.8, 4) is 0 Å². The lowest BCUT2D eigenvalue weighted by molar-refractivity contribution is -0.122. The number of rotatable bonds is 7. The van der Waals surface area contributed by atoms with Gasteiger partial charge in [0, 0.05) is 25.5 Å². The average Bonchev–Trinajstić information content (AvgIpc) is 2.99. The Kier molecular flexibility index (Phi) is 5.51. The van der Waals surface area contributed by atoms with Gasteiger partial charge in [0.2, 0.25) is 5.91 Å². The molecule has 0 spiro atoms. The first-order valence-electron chi connectivity index (χ1n) is 7.20. The van der Waals surface area contributed by atoms with Crippen LogP contribution in [0.5, 0.6) is 0 Å². The Morgan fingerprint density at radius 1 is 1.33 bits per heavy atom. The normalized spacial score (nSPS) is 12.1. The minimum atomic E-state index is -0.218. The van der Waals surface area contributed by atoms with Crippen molar-refractivity contribution in [1.82, 2.24) is 20.4 Å². The molecule has 2 rings (SSSR count). The number of nitrogens with one attached hydrogen (secondary N) is 2. The summed E-state index contributed by atoms with van der Waals surface area (Å²) in [5.41, 5.74) is 2.34. The van der Waals surface area contributed by atoms with Crippen molar-refractivity contribution in [2.24, 2.45) is 0 Å². The number of hydrogen-bond acceptors (Lipinski definition) is 3. The van der Waals surface area contributed by atoms with E-state index in [1.165, 1.54) is 5.56 Å². The van der Waals surface area contributed by atoms with Crippen LogP contribution in [-0.2, 0) is 17.9 Å². The van der Waals surface area contributed by atoms with Gasteiger partial charge >= 0.3 is 0 Å². The van der Waals surface area contributed by atoms with Crippen LogP contribution in [0.2, 0.25) is 0 Å². The van der Waals surface area contributed by atoms with Gasteiger partial charge in [-0.05, 0) is 31.0 Å². The molecule has 0 fully saturated rings.